The molecule has 0 spiro atoms. The van der Waals surface area contributed by atoms with Crippen LogP contribution in [0.15, 0.2) is 18.2 Å². The summed E-state index contributed by atoms with van der Waals surface area (Å²) in [5, 5.41) is 2.85. The topological polar surface area (TPSA) is 59.9 Å². The summed E-state index contributed by atoms with van der Waals surface area (Å²) in [6.07, 6.45) is 0.819. The van der Waals surface area contributed by atoms with Crippen LogP contribution in [0.4, 0.5) is 16.0 Å². The molecule has 0 bridgehead atoms. The third kappa shape index (κ3) is 3.91. The van der Waals surface area contributed by atoms with Crippen molar-refractivity contribution < 1.29 is 9.13 Å². The van der Waals surface area contributed by atoms with E-state index in [9.17, 15) is 4.39 Å². The average Bonchev–Trinajstić information content (AvgIpc) is 2.40. The molecule has 0 saturated heterocycles. The minimum Gasteiger partial charge on any atom is -0.463 e. The Kier molecular flexibility index (Phi) is 4.92. The van der Waals surface area contributed by atoms with Crippen molar-refractivity contribution in [2.24, 2.45) is 0 Å². The summed E-state index contributed by atoms with van der Waals surface area (Å²) < 4.78 is 18.3. The van der Waals surface area contributed by atoms with Crippen LogP contribution < -0.4 is 10.1 Å². The number of ether oxygens (including phenoxy) is 1. The highest BCUT2D eigenvalue weighted by Gasteiger charge is 2.07. The molecule has 0 amide bonds. The average molecular weight is 317 g/mol. The van der Waals surface area contributed by atoms with Gasteiger partial charge in [-0.25, -0.2) is 4.39 Å². The summed E-state index contributed by atoms with van der Waals surface area (Å²) in [5.41, 5.74) is 0.528. The second kappa shape index (κ2) is 6.67. The van der Waals surface area contributed by atoms with Gasteiger partial charge in [0.25, 0.3) is 0 Å². The Labute approximate surface area is 125 Å². The van der Waals surface area contributed by atoms with E-state index in [0.717, 1.165) is 6.42 Å². The van der Waals surface area contributed by atoms with E-state index in [1.54, 1.807) is 0 Å². The SMILES string of the molecule is CCCOc1nc(Cl)nc(Nc2ccc(F)c(Cl)c2)n1. The number of aromatic nitrogens is 3. The first-order chi connectivity index (χ1) is 9.58. The molecular weight excluding hydrogens is 306 g/mol. The molecule has 8 heteroatoms. The Morgan fingerprint density at radius 3 is 2.75 bits per heavy atom. The Morgan fingerprint density at radius 2 is 2.05 bits per heavy atom. The molecular formula is C12H11Cl2FN4O. The lowest BCUT2D eigenvalue weighted by molar-refractivity contribution is 0.292. The first kappa shape index (κ1) is 14.7. The van der Waals surface area contributed by atoms with Crippen molar-refractivity contribution in [3.05, 3.63) is 34.3 Å². The number of hydrogen-bond acceptors (Lipinski definition) is 5. The van der Waals surface area contributed by atoms with Crippen molar-refractivity contribution >= 4 is 34.8 Å². The van der Waals surface area contributed by atoms with Crippen molar-refractivity contribution in [1.82, 2.24) is 15.0 Å². The number of rotatable bonds is 5. The molecule has 0 radical (unpaired) electrons. The summed E-state index contributed by atoms with van der Waals surface area (Å²) >= 11 is 11.5. The number of halogens is 3. The molecule has 1 heterocycles. The normalized spacial score (nSPS) is 10.4. The lowest BCUT2D eigenvalue weighted by Gasteiger charge is -2.07. The van der Waals surface area contributed by atoms with Gasteiger partial charge in [-0.2, -0.15) is 15.0 Å². The van der Waals surface area contributed by atoms with Crippen LogP contribution in [0.3, 0.4) is 0 Å². The lowest BCUT2D eigenvalue weighted by Crippen LogP contribution is -2.05. The van der Waals surface area contributed by atoms with E-state index in [0.29, 0.717) is 12.3 Å². The highest BCUT2D eigenvalue weighted by Crippen LogP contribution is 2.22. The summed E-state index contributed by atoms with van der Waals surface area (Å²) in [6, 6.07) is 4.29. The molecule has 20 heavy (non-hydrogen) atoms. The lowest BCUT2D eigenvalue weighted by atomic mass is 10.3. The van der Waals surface area contributed by atoms with Crippen molar-refractivity contribution in [3.63, 3.8) is 0 Å². The molecule has 0 aliphatic heterocycles. The van der Waals surface area contributed by atoms with Gasteiger partial charge in [0.1, 0.15) is 5.82 Å². The second-order valence-corrected chi connectivity index (χ2v) is 4.56. The van der Waals surface area contributed by atoms with Crippen molar-refractivity contribution in [2.45, 2.75) is 13.3 Å². The third-order valence-electron chi connectivity index (χ3n) is 2.20. The van der Waals surface area contributed by atoms with Gasteiger partial charge in [-0.3, -0.25) is 0 Å². The van der Waals surface area contributed by atoms with Gasteiger partial charge in [0.15, 0.2) is 0 Å². The fourth-order valence-electron chi connectivity index (χ4n) is 1.35. The zero-order valence-corrected chi connectivity index (χ0v) is 12.0. The largest absolute Gasteiger partial charge is 0.463 e. The van der Waals surface area contributed by atoms with E-state index in [2.05, 4.69) is 20.3 Å². The Morgan fingerprint density at radius 1 is 1.25 bits per heavy atom. The van der Waals surface area contributed by atoms with Gasteiger partial charge < -0.3 is 10.1 Å². The van der Waals surface area contributed by atoms with Crippen LogP contribution in [0.2, 0.25) is 10.3 Å². The van der Waals surface area contributed by atoms with E-state index in [1.807, 2.05) is 6.92 Å². The van der Waals surface area contributed by atoms with Gasteiger partial charge in [0.05, 0.1) is 11.6 Å². The third-order valence-corrected chi connectivity index (χ3v) is 2.66. The molecule has 0 unspecified atom stereocenters. The summed E-state index contributed by atoms with van der Waals surface area (Å²) in [5.74, 6) is -0.309. The van der Waals surface area contributed by atoms with Crippen LogP contribution in [0.1, 0.15) is 13.3 Å². The monoisotopic (exact) mass is 316 g/mol. The van der Waals surface area contributed by atoms with E-state index in [-0.39, 0.29) is 22.3 Å². The Bertz CT molecular complexity index is 612. The zero-order valence-electron chi connectivity index (χ0n) is 10.5. The Balaban J connectivity index is 2.19. The van der Waals surface area contributed by atoms with Crippen LogP contribution in [0, 0.1) is 5.82 Å². The highest BCUT2D eigenvalue weighted by molar-refractivity contribution is 6.31. The maximum absolute atomic E-state index is 13.1. The molecule has 0 aliphatic carbocycles. The van der Waals surface area contributed by atoms with E-state index >= 15 is 0 Å². The van der Waals surface area contributed by atoms with Gasteiger partial charge in [-0.15, -0.1) is 0 Å². The zero-order chi connectivity index (χ0) is 14.5. The fourth-order valence-corrected chi connectivity index (χ4v) is 1.68. The quantitative estimate of drug-likeness (QED) is 0.907. The van der Waals surface area contributed by atoms with E-state index in [1.165, 1.54) is 18.2 Å². The van der Waals surface area contributed by atoms with Crippen LogP contribution in [-0.2, 0) is 0 Å². The van der Waals surface area contributed by atoms with Gasteiger partial charge in [0, 0.05) is 5.69 Å². The summed E-state index contributed by atoms with van der Waals surface area (Å²) in [7, 11) is 0. The number of nitrogens with one attached hydrogen (secondary N) is 1. The minimum atomic E-state index is -0.502. The number of benzene rings is 1. The van der Waals surface area contributed by atoms with Gasteiger partial charge in [-0.05, 0) is 36.2 Å². The molecule has 0 aliphatic rings. The van der Waals surface area contributed by atoms with Crippen molar-refractivity contribution in [3.8, 4) is 6.01 Å². The summed E-state index contributed by atoms with van der Waals surface area (Å²) in [4.78, 5) is 11.8. The fraction of sp³-hybridized carbons (Fsp3) is 0.250. The molecule has 1 N–H and O–H groups in total. The maximum atomic E-state index is 13.1. The standard InChI is InChI=1S/C12H11Cl2FN4O/c1-2-5-20-12-18-10(14)17-11(19-12)16-7-3-4-9(15)8(13)6-7/h3-4,6H,2,5H2,1H3,(H,16,17,18,19). The summed E-state index contributed by atoms with van der Waals surface area (Å²) in [6.45, 7) is 2.44. The van der Waals surface area contributed by atoms with Crippen LogP contribution in [0.25, 0.3) is 0 Å². The van der Waals surface area contributed by atoms with Crippen LogP contribution in [0.5, 0.6) is 6.01 Å². The first-order valence-corrected chi connectivity index (χ1v) is 6.60. The number of hydrogen-bond donors (Lipinski definition) is 1. The number of nitrogens with zero attached hydrogens (tertiary/aromatic N) is 3. The predicted octanol–water partition coefficient (Wildman–Crippen LogP) is 3.85. The molecule has 2 rings (SSSR count). The molecule has 1 aromatic carbocycles. The van der Waals surface area contributed by atoms with Crippen LogP contribution in [-0.4, -0.2) is 21.6 Å². The molecule has 0 fully saturated rings. The molecule has 1 aromatic heterocycles. The van der Waals surface area contributed by atoms with Crippen molar-refractivity contribution in [1.29, 1.82) is 0 Å². The maximum Gasteiger partial charge on any atom is 0.322 e. The molecule has 2 aromatic rings. The highest BCUT2D eigenvalue weighted by atomic mass is 35.5. The van der Waals surface area contributed by atoms with Gasteiger partial charge in [-0.1, -0.05) is 18.5 Å². The van der Waals surface area contributed by atoms with Crippen molar-refractivity contribution in [2.75, 3.05) is 11.9 Å². The van der Waals surface area contributed by atoms with E-state index < -0.39 is 5.82 Å². The number of anilines is 2. The Hall–Kier alpha value is -1.66. The smallest absolute Gasteiger partial charge is 0.322 e. The van der Waals surface area contributed by atoms with Gasteiger partial charge >= 0.3 is 6.01 Å². The van der Waals surface area contributed by atoms with Gasteiger partial charge in [0.2, 0.25) is 11.2 Å². The molecule has 0 saturated carbocycles. The molecule has 0 atom stereocenters. The predicted molar refractivity (Wildman–Crippen MR) is 75.3 cm³/mol. The molecule has 106 valence electrons. The first-order valence-electron chi connectivity index (χ1n) is 5.85. The molecule has 5 nitrogen and oxygen atoms in total. The second-order valence-electron chi connectivity index (χ2n) is 3.81. The van der Waals surface area contributed by atoms with Crippen LogP contribution >= 0.6 is 23.2 Å². The van der Waals surface area contributed by atoms with E-state index in [4.69, 9.17) is 27.9 Å². The minimum absolute atomic E-state index is 0.00168.